The van der Waals surface area contributed by atoms with Gasteiger partial charge in [0.1, 0.15) is 11.6 Å². The number of rotatable bonds is 6. The molecule has 0 saturated heterocycles. The molecule has 10 heteroatoms. The van der Waals surface area contributed by atoms with Gasteiger partial charge in [0, 0.05) is 21.9 Å². The minimum atomic E-state index is -0.540. The second kappa shape index (κ2) is 9.13. The molecule has 1 aliphatic carbocycles. The average molecular weight is 486 g/mol. The summed E-state index contributed by atoms with van der Waals surface area (Å²) in [6.45, 7) is 7.48. The number of carbonyl (C=O) groups is 2. The molecule has 1 fully saturated rings. The largest absolute Gasteiger partial charge is 0.343 e. The van der Waals surface area contributed by atoms with E-state index < -0.39 is 17.8 Å². The van der Waals surface area contributed by atoms with Crippen molar-refractivity contribution < 1.29 is 18.5 Å². The lowest BCUT2D eigenvalue weighted by molar-refractivity contribution is -0.117. The van der Waals surface area contributed by atoms with Crippen LogP contribution in [0.15, 0.2) is 35.0 Å². The number of nitrogens with zero attached hydrogens (tertiary/aromatic N) is 3. The molecule has 1 aliphatic rings. The van der Waals surface area contributed by atoms with Gasteiger partial charge in [-0.1, -0.05) is 49.7 Å². The van der Waals surface area contributed by atoms with Crippen molar-refractivity contribution in [3.8, 4) is 11.1 Å². The van der Waals surface area contributed by atoms with Gasteiger partial charge in [-0.25, -0.2) is 9.37 Å². The van der Waals surface area contributed by atoms with Gasteiger partial charge in [-0.3, -0.25) is 9.59 Å². The van der Waals surface area contributed by atoms with Crippen LogP contribution in [0.2, 0.25) is 5.02 Å². The molecule has 2 N–H and O–H groups in total. The average Bonchev–Trinajstić information content (AvgIpc) is 3.49. The molecule has 4 rings (SSSR count). The fraction of sp³-hybridized carbons (Fsp3) is 0.375. The molecule has 0 spiro atoms. The Labute approximate surface area is 201 Å². The molecular formula is C24H25ClFN5O3. The van der Waals surface area contributed by atoms with E-state index in [1.165, 1.54) is 6.07 Å². The molecule has 1 aromatic carbocycles. The van der Waals surface area contributed by atoms with Crippen LogP contribution >= 0.6 is 11.6 Å². The molecule has 3 aromatic rings. The van der Waals surface area contributed by atoms with E-state index in [0.29, 0.717) is 22.0 Å². The SMILES string of the molecule is C[C@H](NC(=O)c1noc(C(C)(C)C)n1)c1ccc(-c2cc(NC(=O)C3CC3)ncc2F)cc1Cl. The van der Waals surface area contributed by atoms with Crippen molar-refractivity contribution in [2.45, 2.75) is 52.0 Å². The van der Waals surface area contributed by atoms with E-state index >= 15 is 0 Å². The predicted octanol–water partition coefficient (Wildman–Crippen LogP) is 5.06. The van der Waals surface area contributed by atoms with Gasteiger partial charge in [0.15, 0.2) is 0 Å². The standard InChI is InChI=1S/C24H25ClFN5O3/c1-12(28-22(33)20-30-23(34-31-20)24(2,3)4)15-8-7-14(9-17(15)25)16-10-19(27-11-18(16)26)29-21(32)13-5-6-13/h7-13H,5-6H2,1-4H3,(H,28,33)(H,27,29,32)/t12-/m0/s1. The van der Waals surface area contributed by atoms with Crippen molar-refractivity contribution in [3.05, 3.63) is 58.6 Å². The molecule has 2 amide bonds. The molecule has 178 valence electrons. The minimum absolute atomic E-state index is 0.00762. The maximum absolute atomic E-state index is 14.5. The van der Waals surface area contributed by atoms with Crippen LogP contribution in [-0.2, 0) is 10.2 Å². The number of benzene rings is 1. The molecular weight excluding hydrogens is 461 g/mol. The number of amides is 2. The fourth-order valence-corrected chi connectivity index (χ4v) is 3.65. The van der Waals surface area contributed by atoms with Gasteiger partial charge in [0.05, 0.1) is 12.2 Å². The quantitative estimate of drug-likeness (QED) is 0.505. The van der Waals surface area contributed by atoms with Crippen LogP contribution in [-0.4, -0.2) is 26.9 Å². The van der Waals surface area contributed by atoms with Crippen molar-refractivity contribution in [2.75, 3.05) is 5.32 Å². The van der Waals surface area contributed by atoms with Crippen LogP contribution in [0.4, 0.5) is 10.2 Å². The van der Waals surface area contributed by atoms with Crippen molar-refractivity contribution >= 4 is 29.2 Å². The lowest BCUT2D eigenvalue weighted by Gasteiger charge is -2.16. The summed E-state index contributed by atoms with van der Waals surface area (Å²) in [5.41, 5.74) is 1.03. The Hall–Kier alpha value is -3.33. The molecule has 0 bridgehead atoms. The molecule has 8 nitrogen and oxygen atoms in total. The Morgan fingerprint density at radius 3 is 2.59 bits per heavy atom. The van der Waals surface area contributed by atoms with Crippen LogP contribution in [0.3, 0.4) is 0 Å². The van der Waals surface area contributed by atoms with Gasteiger partial charge in [-0.15, -0.1) is 0 Å². The number of halogens is 2. The summed E-state index contributed by atoms with van der Waals surface area (Å²) in [5, 5.41) is 9.60. The van der Waals surface area contributed by atoms with Crippen molar-refractivity contribution in [1.82, 2.24) is 20.4 Å². The van der Waals surface area contributed by atoms with E-state index in [9.17, 15) is 14.0 Å². The Balaban J connectivity index is 1.50. The lowest BCUT2D eigenvalue weighted by atomic mass is 9.97. The number of pyridine rings is 1. The van der Waals surface area contributed by atoms with Gasteiger partial charge >= 0.3 is 0 Å². The zero-order chi connectivity index (χ0) is 24.6. The summed E-state index contributed by atoms with van der Waals surface area (Å²) >= 11 is 6.48. The second-order valence-electron chi connectivity index (χ2n) is 9.42. The van der Waals surface area contributed by atoms with Gasteiger partial charge in [-0.2, -0.15) is 4.98 Å². The van der Waals surface area contributed by atoms with Crippen LogP contribution in [0.1, 0.15) is 68.7 Å². The monoisotopic (exact) mass is 485 g/mol. The van der Waals surface area contributed by atoms with Crippen molar-refractivity contribution in [1.29, 1.82) is 0 Å². The zero-order valence-corrected chi connectivity index (χ0v) is 20.0. The van der Waals surface area contributed by atoms with Gasteiger partial charge in [0.2, 0.25) is 11.8 Å². The number of hydrogen-bond acceptors (Lipinski definition) is 6. The highest BCUT2D eigenvalue weighted by molar-refractivity contribution is 6.31. The zero-order valence-electron chi connectivity index (χ0n) is 19.3. The Morgan fingerprint density at radius 1 is 1.24 bits per heavy atom. The van der Waals surface area contributed by atoms with Crippen LogP contribution in [0.5, 0.6) is 0 Å². The lowest BCUT2D eigenvalue weighted by Crippen LogP contribution is -2.28. The van der Waals surface area contributed by atoms with E-state index in [-0.39, 0.29) is 34.4 Å². The third kappa shape index (κ3) is 5.25. The summed E-state index contributed by atoms with van der Waals surface area (Å²) in [6, 6.07) is 6.02. The molecule has 0 aliphatic heterocycles. The highest BCUT2D eigenvalue weighted by Crippen LogP contribution is 2.33. The van der Waals surface area contributed by atoms with Crippen molar-refractivity contribution in [2.24, 2.45) is 5.92 Å². The minimum Gasteiger partial charge on any atom is -0.343 e. The Morgan fingerprint density at radius 2 is 1.97 bits per heavy atom. The maximum Gasteiger partial charge on any atom is 0.293 e. The summed E-state index contributed by atoms with van der Waals surface area (Å²) in [4.78, 5) is 32.7. The third-order valence-corrected chi connectivity index (χ3v) is 5.78. The molecule has 34 heavy (non-hydrogen) atoms. The number of anilines is 1. The summed E-state index contributed by atoms with van der Waals surface area (Å²) in [5.74, 6) is -0.565. The third-order valence-electron chi connectivity index (χ3n) is 5.45. The van der Waals surface area contributed by atoms with Crippen molar-refractivity contribution in [3.63, 3.8) is 0 Å². The Kier molecular flexibility index (Phi) is 6.40. The number of hydrogen-bond donors (Lipinski definition) is 2. The first kappa shape index (κ1) is 23.8. The first-order valence-corrected chi connectivity index (χ1v) is 11.3. The smallest absolute Gasteiger partial charge is 0.293 e. The molecule has 2 aromatic heterocycles. The highest BCUT2D eigenvalue weighted by atomic mass is 35.5. The Bertz CT molecular complexity index is 1250. The fourth-order valence-electron chi connectivity index (χ4n) is 3.31. The van der Waals surface area contributed by atoms with E-state index in [4.69, 9.17) is 16.1 Å². The molecule has 1 atom stereocenters. The van der Waals surface area contributed by atoms with E-state index in [1.54, 1.807) is 25.1 Å². The van der Waals surface area contributed by atoms with Gasteiger partial charge in [0.25, 0.3) is 11.7 Å². The molecule has 0 unspecified atom stereocenters. The van der Waals surface area contributed by atoms with Gasteiger partial charge in [-0.05, 0) is 43.0 Å². The van der Waals surface area contributed by atoms with E-state index in [1.807, 2.05) is 20.8 Å². The molecule has 1 saturated carbocycles. The molecule has 0 radical (unpaired) electrons. The second-order valence-corrected chi connectivity index (χ2v) is 9.82. The first-order valence-electron chi connectivity index (χ1n) is 10.9. The van der Waals surface area contributed by atoms with Crippen LogP contribution in [0, 0.1) is 11.7 Å². The normalized spacial score (nSPS) is 14.5. The van der Waals surface area contributed by atoms with E-state index in [2.05, 4.69) is 25.8 Å². The highest BCUT2D eigenvalue weighted by Gasteiger charge is 2.30. The van der Waals surface area contributed by atoms with Crippen LogP contribution < -0.4 is 10.6 Å². The van der Waals surface area contributed by atoms with E-state index in [0.717, 1.165) is 19.0 Å². The summed E-state index contributed by atoms with van der Waals surface area (Å²) in [6.07, 6.45) is 2.78. The first-order chi connectivity index (χ1) is 16.0. The molecule has 2 heterocycles. The van der Waals surface area contributed by atoms with Crippen LogP contribution in [0.25, 0.3) is 11.1 Å². The van der Waals surface area contributed by atoms with Gasteiger partial charge < -0.3 is 15.2 Å². The number of carbonyl (C=O) groups excluding carboxylic acids is 2. The topological polar surface area (TPSA) is 110 Å². The number of nitrogens with one attached hydrogen (secondary N) is 2. The predicted molar refractivity (Wildman–Crippen MR) is 125 cm³/mol. The summed E-state index contributed by atoms with van der Waals surface area (Å²) in [7, 11) is 0. The summed E-state index contributed by atoms with van der Waals surface area (Å²) < 4.78 is 19.7. The maximum atomic E-state index is 14.5. The number of aromatic nitrogens is 3.